The van der Waals surface area contributed by atoms with Crippen molar-refractivity contribution in [2.75, 3.05) is 0 Å². The normalized spacial score (nSPS) is 16.8. The Hall–Kier alpha value is -1.64. The number of halogens is 1. The van der Waals surface area contributed by atoms with Gasteiger partial charge in [0.2, 0.25) is 0 Å². The number of imidazole rings is 1. The second-order valence-electron chi connectivity index (χ2n) is 5.18. The minimum Gasteiger partial charge on any atom is -0.325 e. The minimum atomic E-state index is -0.205. The van der Waals surface area contributed by atoms with Crippen molar-refractivity contribution in [1.82, 2.24) is 9.55 Å². The van der Waals surface area contributed by atoms with Crippen LogP contribution in [0.3, 0.4) is 0 Å². The van der Waals surface area contributed by atoms with E-state index in [4.69, 9.17) is 0 Å². The highest BCUT2D eigenvalue weighted by Crippen LogP contribution is 2.41. The molecule has 1 atom stereocenters. The maximum Gasteiger partial charge on any atom is 0.140 e. The Bertz CT molecular complexity index is 552. The molecule has 0 radical (unpaired) electrons. The number of rotatable bonds is 3. The summed E-state index contributed by atoms with van der Waals surface area (Å²) >= 11 is 0. The Morgan fingerprint density at radius 3 is 2.56 bits per heavy atom. The summed E-state index contributed by atoms with van der Waals surface area (Å²) in [7, 11) is 0. The van der Waals surface area contributed by atoms with Crippen molar-refractivity contribution in [3.63, 3.8) is 0 Å². The van der Waals surface area contributed by atoms with Crippen LogP contribution in [-0.2, 0) is 0 Å². The molecule has 0 spiro atoms. The van der Waals surface area contributed by atoms with Crippen LogP contribution in [0.15, 0.2) is 30.5 Å². The van der Waals surface area contributed by atoms with Crippen molar-refractivity contribution < 1.29 is 4.39 Å². The first-order chi connectivity index (χ1) is 8.66. The van der Waals surface area contributed by atoms with Crippen molar-refractivity contribution in [1.29, 1.82) is 0 Å². The predicted octanol–water partition coefficient (Wildman–Crippen LogP) is 3.97. The van der Waals surface area contributed by atoms with E-state index in [2.05, 4.69) is 23.4 Å². The monoisotopic (exact) mass is 244 g/mol. The topological polar surface area (TPSA) is 17.8 Å². The van der Waals surface area contributed by atoms with Gasteiger partial charge in [-0.1, -0.05) is 0 Å². The number of nitrogens with zero attached hydrogens (tertiary/aromatic N) is 2. The molecule has 1 saturated carbocycles. The molecule has 1 fully saturated rings. The number of aryl methyl sites for hydroxylation is 1. The Morgan fingerprint density at radius 1 is 1.28 bits per heavy atom. The van der Waals surface area contributed by atoms with Crippen LogP contribution < -0.4 is 0 Å². The van der Waals surface area contributed by atoms with Crippen LogP contribution in [0.2, 0.25) is 0 Å². The summed E-state index contributed by atoms with van der Waals surface area (Å²) in [5.74, 6) is 1.52. The molecule has 1 heterocycles. The quantitative estimate of drug-likeness (QED) is 0.798. The SMILES string of the molecule is Cc1cnc(-c2ccc(F)cc2)n1C(C)C1CC1. The van der Waals surface area contributed by atoms with Gasteiger partial charge in [-0.15, -0.1) is 0 Å². The van der Waals surface area contributed by atoms with Crippen LogP contribution >= 0.6 is 0 Å². The highest BCUT2D eigenvalue weighted by Gasteiger charge is 2.31. The molecule has 1 unspecified atom stereocenters. The van der Waals surface area contributed by atoms with Crippen LogP contribution in [0.5, 0.6) is 0 Å². The van der Waals surface area contributed by atoms with Gasteiger partial charge in [-0.05, 0) is 56.9 Å². The molecule has 1 aromatic heterocycles. The largest absolute Gasteiger partial charge is 0.325 e. The van der Waals surface area contributed by atoms with Gasteiger partial charge in [0.25, 0.3) is 0 Å². The van der Waals surface area contributed by atoms with Crippen LogP contribution in [0.4, 0.5) is 4.39 Å². The lowest BCUT2D eigenvalue weighted by molar-refractivity contribution is 0.481. The van der Waals surface area contributed by atoms with Crippen LogP contribution in [0.1, 0.15) is 31.5 Å². The van der Waals surface area contributed by atoms with Crippen LogP contribution in [-0.4, -0.2) is 9.55 Å². The zero-order valence-electron chi connectivity index (χ0n) is 10.7. The lowest BCUT2D eigenvalue weighted by atomic mass is 10.1. The van der Waals surface area contributed by atoms with E-state index in [9.17, 15) is 4.39 Å². The molecule has 2 nitrogen and oxygen atoms in total. The Morgan fingerprint density at radius 2 is 1.94 bits per heavy atom. The number of hydrogen-bond acceptors (Lipinski definition) is 1. The van der Waals surface area contributed by atoms with E-state index >= 15 is 0 Å². The highest BCUT2D eigenvalue weighted by atomic mass is 19.1. The molecular weight excluding hydrogens is 227 g/mol. The molecule has 1 aliphatic carbocycles. The zero-order valence-corrected chi connectivity index (χ0v) is 10.7. The summed E-state index contributed by atoms with van der Waals surface area (Å²) in [6.07, 6.45) is 4.51. The average Bonchev–Trinajstić information content (AvgIpc) is 3.13. The van der Waals surface area contributed by atoms with Crippen LogP contribution in [0, 0.1) is 18.7 Å². The van der Waals surface area contributed by atoms with Crippen molar-refractivity contribution in [2.45, 2.75) is 32.7 Å². The van der Waals surface area contributed by atoms with Gasteiger partial charge >= 0.3 is 0 Å². The standard InChI is InChI=1S/C15H17FN2/c1-10-9-17-15(13-5-7-14(16)8-6-13)18(10)11(2)12-3-4-12/h5-9,11-12H,3-4H2,1-2H3. The number of hydrogen-bond donors (Lipinski definition) is 0. The van der Waals surface area contributed by atoms with E-state index in [1.54, 1.807) is 12.1 Å². The van der Waals surface area contributed by atoms with Gasteiger partial charge in [0.15, 0.2) is 0 Å². The number of aromatic nitrogens is 2. The van der Waals surface area contributed by atoms with Crippen molar-refractivity contribution in [3.8, 4) is 11.4 Å². The van der Waals surface area contributed by atoms with Gasteiger partial charge in [0.1, 0.15) is 11.6 Å². The van der Waals surface area contributed by atoms with Gasteiger partial charge in [-0.2, -0.15) is 0 Å². The molecule has 94 valence electrons. The molecule has 1 aliphatic rings. The molecule has 0 saturated heterocycles. The molecule has 0 amide bonds. The van der Waals surface area contributed by atoms with Gasteiger partial charge in [0.05, 0.1) is 0 Å². The first kappa shape index (κ1) is 11.5. The summed E-state index contributed by atoms with van der Waals surface area (Å²) < 4.78 is 15.3. The molecule has 0 bridgehead atoms. The predicted molar refractivity (Wildman–Crippen MR) is 69.8 cm³/mol. The first-order valence-electron chi connectivity index (χ1n) is 6.46. The molecular formula is C15H17FN2. The summed E-state index contributed by atoms with van der Waals surface area (Å²) in [5, 5.41) is 0. The van der Waals surface area contributed by atoms with Crippen molar-refractivity contribution >= 4 is 0 Å². The third kappa shape index (κ3) is 1.94. The maximum atomic E-state index is 13.0. The summed E-state index contributed by atoms with van der Waals surface area (Å²) in [5.41, 5.74) is 2.16. The van der Waals surface area contributed by atoms with E-state index in [1.807, 2.05) is 6.20 Å². The highest BCUT2D eigenvalue weighted by molar-refractivity contribution is 5.56. The third-order valence-electron chi connectivity index (χ3n) is 3.80. The molecule has 18 heavy (non-hydrogen) atoms. The van der Waals surface area contributed by atoms with Gasteiger partial charge in [-0.25, -0.2) is 9.37 Å². The second-order valence-corrected chi connectivity index (χ2v) is 5.18. The molecule has 0 aliphatic heterocycles. The fourth-order valence-corrected chi connectivity index (χ4v) is 2.56. The lowest BCUT2D eigenvalue weighted by Crippen LogP contribution is -2.10. The Balaban J connectivity index is 2.03. The fraction of sp³-hybridized carbons (Fsp3) is 0.400. The van der Waals surface area contributed by atoms with Crippen molar-refractivity contribution in [3.05, 3.63) is 42.0 Å². The third-order valence-corrected chi connectivity index (χ3v) is 3.80. The minimum absolute atomic E-state index is 0.205. The average molecular weight is 244 g/mol. The second kappa shape index (κ2) is 4.23. The Labute approximate surface area is 106 Å². The lowest BCUT2D eigenvalue weighted by Gasteiger charge is -2.18. The molecule has 3 rings (SSSR count). The first-order valence-corrected chi connectivity index (χ1v) is 6.46. The molecule has 1 aromatic carbocycles. The zero-order chi connectivity index (χ0) is 12.7. The molecule has 2 aromatic rings. The van der Waals surface area contributed by atoms with E-state index in [0.717, 1.165) is 17.3 Å². The summed E-state index contributed by atoms with van der Waals surface area (Å²) in [6.45, 7) is 4.33. The summed E-state index contributed by atoms with van der Waals surface area (Å²) in [6, 6.07) is 7.06. The van der Waals surface area contributed by atoms with Gasteiger partial charge in [-0.3, -0.25) is 0 Å². The van der Waals surface area contributed by atoms with Crippen LogP contribution in [0.25, 0.3) is 11.4 Å². The van der Waals surface area contributed by atoms with E-state index < -0.39 is 0 Å². The van der Waals surface area contributed by atoms with E-state index in [-0.39, 0.29) is 5.82 Å². The van der Waals surface area contributed by atoms with E-state index in [1.165, 1.54) is 30.7 Å². The maximum absolute atomic E-state index is 13.0. The number of benzene rings is 1. The van der Waals surface area contributed by atoms with Gasteiger partial charge < -0.3 is 4.57 Å². The van der Waals surface area contributed by atoms with E-state index in [0.29, 0.717) is 6.04 Å². The van der Waals surface area contributed by atoms with Crippen molar-refractivity contribution in [2.24, 2.45) is 5.92 Å². The van der Waals surface area contributed by atoms with Gasteiger partial charge in [0, 0.05) is 23.5 Å². The molecule has 3 heteroatoms. The molecule has 0 N–H and O–H groups in total. The smallest absolute Gasteiger partial charge is 0.140 e. The fourth-order valence-electron chi connectivity index (χ4n) is 2.56. The Kier molecular flexibility index (Phi) is 2.69. The summed E-state index contributed by atoms with van der Waals surface area (Å²) in [4.78, 5) is 4.49.